The molecule has 0 radical (unpaired) electrons. The molecular formula is C26H28F3N3O2. The molecule has 0 spiro atoms. The van der Waals surface area contributed by atoms with E-state index >= 15 is 0 Å². The van der Waals surface area contributed by atoms with Crippen LogP contribution in [-0.4, -0.2) is 11.5 Å². The SMILES string of the molecule is N/C=C\NCCCCc1ccc(OCc2coc(C3CC3c3ccc(C(F)(F)F)cc3)n2)cc1. The first-order valence-corrected chi connectivity index (χ1v) is 11.4. The molecule has 2 unspecified atom stereocenters. The molecule has 0 saturated heterocycles. The molecule has 1 aliphatic carbocycles. The van der Waals surface area contributed by atoms with E-state index in [2.05, 4.69) is 22.4 Å². The van der Waals surface area contributed by atoms with Crippen LogP contribution in [0.3, 0.4) is 0 Å². The van der Waals surface area contributed by atoms with Crippen LogP contribution in [0.15, 0.2) is 71.6 Å². The van der Waals surface area contributed by atoms with E-state index in [0.29, 0.717) is 18.2 Å². The normalized spacial score (nSPS) is 17.7. The van der Waals surface area contributed by atoms with Gasteiger partial charge in [-0.3, -0.25) is 0 Å². The lowest BCUT2D eigenvalue weighted by atomic mass is 10.1. The van der Waals surface area contributed by atoms with Crippen LogP contribution in [0.1, 0.15) is 59.4 Å². The van der Waals surface area contributed by atoms with Gasteiger partial charge in [0.1, 0.15) is 24.3 Å². The third kappa shape index (κ3) is 6.34. The molecule has 34 heavy (non-hydrogen) atoms. The van der Waals surface area contributed by atoms with Gasteiger partial charge in [-0.25, -0.2) is 4.98 Å². The number of nitrogens with zero attached hydrogens (tertiary/aromatic N) is 1. The summed E-state index contributed by atoms with van der Waals surface area (Å²) in [5.74, 6) is 1.59. The predicted molar refractivity (Wildman–Crippen MR) is 123 cm³/mol. The minimum absolute atomic E-state index is 0.0892. The van der Waals surface area contributed by atoms with Crippen molar-refractivity contribution < 1.29 is 22.3 Å². The van der Waals surface area contributed by atoms with Crippen LogP contribution >= 0.6 is 0 Å². The molecule has 1 fully saturated rings. The third-order valence-electron chi connectivity index (χ3n) is 5.90. The average molecular weight is 472 g/mol. The molecule has 2 aromatic carbocycles. The second-order valence-corrected chi connectivity index (χ2v) is 8.45. The van der Waals surface area contributed by atoms with E-state index in [1.165, 1.54) is 11.8 Å². The topological polar surface area (TPSA) is 73.3 Å². The summed E-state index contributed by atoms with van der Waals surface area (Å²) in [4.78, 5) is 4.52. The predicted octanol–water partition coefficient (Wildman–Crippen LogP) is 5.89. The summed E-state index contributed by atoms with van der Waals surface area (Å²) in [6.45, 7) is 1.20. The summed E-state index contributed by atoms with van der Waals surface area (Å²) in [5.41, 5.74) is 7.46. The average Bonchev–Trinajstić information content (AvgIpc) is 3.50. The molecule has 1 aliphatic rings. The highest BCUT2D eigenvalue weighted by Crippen LogP contribution is 2.54. The van der Waals surface area contributed by atoms with Crippen LogP contribution in [0.25, 0.3) is 0 Å². The Balaban J connectivity index is 1.22. The van der Waals surface area contributed by atoms with Gasteiger partial charge in [0.15, 0.2) is 5.89 Å². The fourth-order valence-electron chi connectivity index (χ4n) is 3.93. The first-order valence-electron chi connectivity index (χ1n) is 11.4. The minimum Gasteiger partial charge on any atom is -0.487 e. The van der Waals surface area contributed by atoms with E-state index in [4.69, 9.17) is 14.9 Å². The number of rotatable bonds is 11. The number of nitrogens with one attached hydrogen (secondary N) is 1. The van der Waals surface area contributed by atoms with Crippen LogP contribution in [-0.2, 0) is 19.2 Å². The molecule has 1 heterocycles. The highest BCUT2D eigenvalue weighted by atomic mass is 19.4. The van der Waals surface area contributed by atoms with E-state index in [-0.39, 0.29) is 11.8 Å². The lowest BCUT2D eigenvalue weighted by molar-refractivity contribution is -0.137. The zero-order valence-electron chi connectivity index (χ0n) is 18.7. The van der Waals surface area contributed by atoms with Crippen molar-refractivity contribution in [3.8, 4) is 5.75 Å². The Morgan fingerprint density at radius 1 is 1.06 bits per heavy atom. The van der Waals surface area contributed by atoms with Crippen molar-refractivity contribution in [1.82, 2.24) is 10.3 Å². The Hall–Kier alpha value is -3.42. The van der Waals surface area contributed by atoms with Gasteiger partial charge < -0.3 is 20.2 Å². The first-order chi connectivity index (χ1) is 16.4. The molecule has 5 nitrogen and oxygen atoms in total. The number of halogens is 3. The number of benzene rings is 2. The first kappa shape index (κ1) is 23.7. The van der Waals surface area contributed by atoms with E-state index in [9.17, 15) is 13.2 Å². The Morgan fingerprint density at radius 2 is 1.82 bits per heavy atom. The lowest BCUT2D eigenvalue weighted by Crippen LogP contribution is -2.07. The molecule has 1 saturated carbocycles. The minimum atomic E-state index is -4.32. The number of ether oxygens (including phenoxy) is 1. The van der Waals surface area contributed by atoms with Crippen LogP contribution < -0.4 is 15.8 Å². The molecule has 8 heteroatoms. The molecular weight excluding hydrogens is 443 g/mol. The number of nitrogens with two attached hydrogens (primary N) is 1. The molecule has 2 atom stereocenters. The van der Waals surface area contributed by atoms with Gasteiger partial charge in [0.25, 0.3) is 0 Å². The number of oxazole rings is 1. The van der Waals surface area contributed by atoms with Gasteiger partial charge in [-0.1, -0.05) is 24.3 Å². The number of unbranched alkanes of at least 4 members (excludes halogenated alkanes) is 1. The second-order valence-electron chi connectivity index (χ2n) is 8.45. The van der Waals surface area contributed by atoms with Crippen molar-refractivity contribution in [2.45, 2.75) is 50.3 Å². The number of aryl methyl sites for hydroxylation is 1. The monoisotopic (exact) mass is 471 g/mol. The van der Waals surface area contributed by atoms with Crippen molar-refractivity contribution in [2.24, 2.45) is 5.73 Å². The van der Waals surface area contributed by atoms with Crippen molar-refractivity contribution >= 4 is 0 Å². The number of hydrogen-bond acceptors (Lipinski definition) is 5. The van der Waals surface area contributed by atoms with Gasteiger partial charge in [-0.2, -0.15) is 13.2 Å². The molecule has 3 aromatic rings. The number of hydrogen-bond donors (Lipinski definition) is 2. The van der Waals surface area contributed by atoms with Gasteiger partial charge in [0.2, 0.25) is 0 Å². The maximum atomic E-state index is 12.7. The van der Waals surface area contributed by atoms with E-state index in [0.717, 1.165) is 55.7 Å². The lowest BCUT2D eigenvalue weighted by Gasteiger charge is -2.07. The quantitative estimate of drug-likeness (QED) is 0.342. The Morgan fingerprint density at radius 3 is 2.53 bits per heavy atom. The van der Waals surface area contributed by atoms with Crippen molar-refractivity contribution in [1.29, 1.82) is 0 Å². The van der Waals surface area contributed by atoms with Crippen LogP contribution in [0.4, 0.5) is 13.2 Å². The van der Waals surface area contributed by atoms with Crippen LogP contribution in [0.2, 0.25) is 0 Å². The highest BCUT2D eigenvalue weighted by molar-refractivity contribution is 5.34. The van der Waals surface area contributed by atoms with Crippen molar-refractivity contribution in [3.05, 3.63) is 95.5 Å². The summed E-state index contributed by atoms with van der Waals surface area (Å²) < 4.78 is 49.7. The fraction of sp³-hybridized carbons (Fsp3) is 0.346. The van der Waals surface area contributed by atoms with E-state index in [1.807, 2.05) is 12.1 Å². The Labute approximate surface area is 196 Å². The van der Waals surface area contributed by atoms with Gasteiger partial charge in [0.05, 0.1) is 5.56 Å². The summed E-state index contributed by atoms with van der Waals surface area (Å²) in [6, 6.07) is 13.4. The fourth-order valence-corrected chi connectivity index (χ4v) is 3.93. The molecule has 0 amide bonds. The number of alkyl halides is 3. The summed E-state index contributed by atoms with van der Waals surface area (Å²) in [7, 11) is 0. The van der Waals surface area contributed by atoms with Gasteiger partial charge in [-0.05, 0) is 67.0 Å². The second kappa shape index (κ2) is 10.7. The standard InChI is InChI=1S/C26H28F3N3O2/c27-26(28,29)20-8-6-19(7-9-20)23-15-24(23)25-32-21(17-34-25)16-33-22-10-4-18(5-11-22)3-1-2-13-31-14-12-30/h4-12,14,17,23-24,31H,1-3,13,15-16,30H2/b14-12-. The Bertz CT molecular complexity index is 1080. The molecule has 3 N–H and O–H groups in total. The van der Waals surface area contributed by atoms with Crippen LogP contribution in [0, 0.1) is 0 Å². The molecule has 0 bridgehead atoms. The zero-order valence-corrected chi connectivity index (χ0v) is 18.7. The molecule has 4 rings (SSSR count). The van der Waals surface area contributed by atoms with Crippen molar-refractivity contribution in [3.63, 3.8) is 0 Å². The molecule has 0 aliphatic heterocycles. The van der Waals surface area contributed by atoms with Crippen molar-refractivity contribution in [2.75, 3.05) is 6.54 Å². The van der Waals surface area contributed by atoms with E-state index in [1.54, 1.807) is 24.6 Å². The van der Waals surface area contributed by atoms with Gasteiger partial charge >= 0.3 is 6.18 Å². The maximum absolute atomic E-state index is 12.7. The third-order valence-corrected chi connectivity index (χ3v) is 5.90. The Kier molecular flexibility index (Phi) is 7.45. The summed E-state index contributed by atoms with van der Waals surface area (Å²) in [5, 5.41) is 3.12. The smallest absolute Gasteiger partial charge is 0.416 e. The summed E-state index contributed by atoms with van der Waals surface area (Å²) >= 11 is 0. The van der Waals surface area contributed by atoms with E-state index < -0.39 is 11.7 Å². The zero-order chi connectivity index (χ0) is 24.0. The van der Waals surface area contributed by atoms with Gasteiger partial charge in [-0.15, -0.1) is 0 Å². The number of aromatic nitrogens is 1. The maximum Gasteiger partial charge on any atom is 0.416 e. The molecule has 1 aromatic heterocycles. The highest BCUT2D eigenvalue weighted by Gasteiger charge is 2.43. The summed E-state index contributed by atoms with van der Waals surface area (Å²) in [6.07, 6.45) is 4.46. The van der Waals surface area contributed by atoms with Gasteiger partial charge in [0, 0.05) is 24.9 Å². The largest absolute Gasteiger partial charge is 0.487 e. The van der Waals surface area contributed by atoms with Crippen LogP contribution in [0.5, 0.6) is 5.75 Å². The molecule has 180 valence electrons.